The Morgan fingerprint density at radius 2 is 1.81 bits per heavy atom. The van der Waals surface area contributed by atoms with Gasteiger partial charge in [-0.05, 0) is 44.0 Å². The largest absolute Gasteiger partial charge is 0.437 e. The van der Waals surface area contributed by atoms with Gasteiger partial charge in [0, 0.05) is 40.5 Å². The molecule has 6 nitrogen and oxygen atoms in total. The molecule has 144 valence electrons. The first-order valence-corrected chi connectivity index (χ1v) is 9.35. The molecule has 0 aliphatic carbocycles. The van der Waals surface area contributed by atoms with Crippen LogP contribution in [0.5, 0.6) is 11.6 Å². The van der Waals surface area contributed by atoms with E-state index in [1.807, 2.05) is 70.9 Å². The molecule has 27 heavy (non-hydrogen) atoms. The minimum atomic E-state index is -0.120. The number of aryl methyl sites for hydroxylation is 3. The molecule has 0 saturated heterocycles. The van der Waals surface area contributed by atoms with Crippen molar-refractivity contribution in [2.45, 2.75) is 20.8 Å². The second-order valence-electron chi connectivity index (χ2n) is 6.73. The number of aromatic nitrogens is 1. The van der Waals surface area contributed by atoms with Crippen LogP contribution in [0.4, 0.5) is 5.69 Å². The molecule has 0 unspecified atom stereocenters. The summed E-state index contributed by atoms with van der Waals surface area (Å²) >= 11 is 1.33. The van der Waals surface area contributed by atoms with Crippen molar-refractivity contribution in [3.63, 3.8) is 0 Å². The third kappa shape index (κ3) is 5.65. The monoisotopic (exact) mass is 386 g/mol. The summed E-state index contributed by atoms with van der Waals surface area (Å²) in [6.07, 6.45) is 5.01. The highest BCUT2D eigenvalue weighted by molar-refractivity contribution is 7.14. The number of ketones is 1. The summed E-state index contributed by atoms with van der Waals surface area (Å²) in [7, 11) is 7.59. The predicted octanol–water partition coefficient (Wildman–Crippen LogP) is 4.34. The Bertz CT molecular complexity index is 882. The molecule has 2 aromatic rings. The Morgan fingerprint density at radius 3 is 2.44 bits per heavy atom. The lowest BCUT2D eigenvalue weighted by Gasteiger charge is -2.11. The van der Waals surface area contributed by atoms with Crippen LogP contribution in [-0.2, 0) is 0 Å². The molecule has 0 spiro atoms. The number of thiazole rings is 1. The summed E-state index contributed by atoms with van der Waals surface area (Å²) in [6, 6.07) is 3.90. The molecular weight excluding hydrogens is 360 g/mol. The number of carbonyl (C=O) groups is 1. The van der Waals surface area contributed by atoms with E-state index in [2.05, 4.69) is 9.98 Å². The smallest absolute Gasteiger partial charge is 0.241 e. The van der Waals surface area contributed by atoms with Gasteiger partial charge in [-0.15, -0.1) is 11.3 Å². The van der Waals surface area contributed by atoms with E-state index < -0.39 is 0 Å². The summed E-state index contributed by atoms with van der Waals surface area (Å²) < 4.78 is 6.02. The fourth-order valence-corrected chi connectivity index (χ4v) is 3.00. The summed E-state index contributed by atoms with van der Waals surface area (Å²) in [5.74, 6) is 0.899. The number of benzene rings is 1. The van der Waals surface area contributed by atoms with Gasteiger partial charge in [-0.2, -0.15) is 0 Å². The van der Waals surface area contributed by atoms with Gasteiger partial charge in [0.05, 0.1) is 17.0 Å². The molecule has 0 saturated carbocycles. The molecule has 2 rings (SSSR count). The summed E-state index contributed by atoms with van der Waals surface area (Å²) in [4.78, 5) is 25.5. The van der Waals surface area contributed by atoms with Gasteiger partial charge >= 0.3 is 0 Å². The van der Waals surface area contributed by atoms with Crippen molar-refractivity contribution in [2.75, 3.05) is 28.2 Å². The highest BCUT2D eigenvalue weighted by Gasteiger charge is 2.18. The number of carbonyl (C=O) groups excluding carboxylic acids is 1. The first-order valence-electron chi connectivity index (χ1n) is 8.53. The molecule has 1 aromatic heterocycles. The van der Waals surface area contributed by atoms with Crippen LogP contribution in [-0.4, -0.2) is 55.1 Å². The molecule has 0 atom stereocenters. The van der Waals surface area contributed by atoms with Gasteiger partial charge in [-0.25, -0.2) is 9.98 Å². The van der Waals surface area contributed by atoms with Gasteiger partial charge in [0.25, 0.3) is 0 Å². The van der Waals surface area contributed by atoms with Crippen LogP contribution in [0.15, 0.2) is 29.4 Å². The molecular formula is C20H26N4O2S. The number of rotatable bonds is 7. The fourth-order valence-electron chi connectivity index (χ4n) is 2.23. The van der Waals surface area contributed by atoms with Gasteiger partial charge in [0.2, 0.25) is 11.7 Å². The standard InChI is InChI=1S/C20H26N4O2S/c1-13-11-18(14(2)10-16(13)21-12-24(6)7)26-20-19(27-15(3)22-20)17(25)8-9-23(4)5/h8-12H,1-7H3/b9-8+,21-12?. The SMILES string of the molecule is Cc1nc(Oc2cc(C)c(N=CN(C)C)cc2C)c(C(=O)/C=C/N(C)C)s1. The Labute approximate surface area is 164 Å². The lowest BCUT2D eigenvalue weighted by molar-refractivity contribution is 0.104. The van der Waals surface area contributed by atoms with Crippen molar-refractivity contribution in [3.05, 3.63) is 45.4 Å². The van der Waals surface area contributed by atoms with Crippen molar-refractivity contribution in [3.8, 4) is 11.6 Å². The zero-order chi connectivity index (χ0) is 20.1. The van der Waals surface area contributed by atoms with Crippen molar-refractivity contribution in [1.82, 2.24) is 14.8 Å². The van der Waals surface area contributed by atoms with Crippen LogP contribution in [0.3, 0.4) is 0 Å². The molecule has 1 aromatic carbocycles. The van der Waals surface area contributed by atoms with Crippen molar-refractivity contribution >= 4 is 29.1 Å². The molecule has 0 bridgehead atoms. The normalized spacial score (nSPS) is 11.4. The van der Waals surface area contributed by atoms with E-state index in [9.17, 15) is 4.79 Å². The number of hydrogen-bond acceptors (Lipinski definition) is 6. The first-order chi connectivity index (χ1) is 12.7. The van der Waals surface area contributed by atoms with E-state index in [0.717, 1.165) is 21.8 Å². The fraction of sp³-hybridized carbons (Fsp3) is 0.350. The highest BCUT2D eigenvalue weighted by atomic mass is 32.1. The van der Waals surface area contributed by atoms with Crippen LogP contribution in [0.1, 0.15) is 25.8 Å². The zero-order valence-electron chi connectivity index (χ0n) is 16.9. The van der Waals surface area contributed by atoms with Crippen LogP contribution < -0.4 is 4.74 Å². The van der Waals surface area contributed by atoms with Gasteiger partial charge in [-0.1, -0.05) is 0 Å². The Morgan fingerprint density at radius 1 is 1.11 bits per heavy atom. The second kappa shape index (κ2) is 8.81. The number of hydrogen-bond donors (Lipinski definition) is 0. The minimum absolute atomic E-state index is 0.120. The quantitative estimate of drug-likeness (QED) is 0.307. The minimum Gasteiger partial charge on any atom is -0.437 e. The topological polar surface area (TPSA) is 58.0 Å². The molecule has 0 aliphatic rings. The number of allylic oxidation sites excluding steroid dienone is 1. The molecule has 7 heteroatoms. The maximum Gasteiger partial charge on any atom is 0.241 e. The highest BCUT2D eigenvalue weighted by Crippen LogP contribution is 2.34. The second-order valence-corrected chi connectivity index (χ2v) is 7.93. The maximum atomic E-state index is 12.5. The van der Waals surface area contributed by atoms with E-state index in [1.165, 1.54) is 17.4 Å². The predicted molar refractivity (Wildman–Crippen MR) is 112 cm³/mol. The average molecular weight is 387 g/mol. The van der Waals surface area contributed by atoms with Crippen LogP contribution >= 0.6 is 11.3 Å². The summed E-state index contributed by atoms with van der Waals surface area (Å²) in [5, 5.41) is 0.785. The summed E-state index contributed by atoms with van der Waals surface area (Å²) in [5.41, 5.74) is 2.80. The van der Waals surface area contributed by atoms with E-state index in [0.29, 0.717) is 16.5 Å². The molecule has 1 heterocycles. The number of nitrogens with zero attached hydrogens (tertiary/aromatic N) is 4. The molecule has 0 aliphatic heterocycles. The van der Waals surface area contributed by atoms with Crippen LogP contribution in [0.25, 0.3) is 0 Å². The van der Waals surface area contributed by atoms with Gasteiger partial charge in [0.1, 0.15) is 10.6 Å². The van der Waals surface area contributed by atoms with Gasteiger partial charge in [-0.3, -0.25) is 4.79 Å². The third-order valence-electron chi connectivity index (χ3n) is 3.58. The van der Waals surface area contributed by atoms with Crippen molar-refractivity contribution < 1.29 is 9.53 Å². The lowest BCUT2D eigenvalue weighted by Crippen LogP contribution is -2.07. The number of aliphatic imine (C=N–C) groups is 1. The van der Waals surface area contributed by atoms with Crippen LogP contribution in [0.2, 0.25) is 0 Å². The van der Waals surface area contributed by atoms with E-state index in [1.54, 1.807) is 12.5 Å². The lowest BCUT2D eigenvalue weighted by atomic mass is 10.1. The van der Waals surface area contributed by atoms with E-state index >= 15 is 0 Å². The van der Waals surface area contributed by atoms with E-state index in [4.69, 9.17) is 4.74 Å². The van der Waals surface area contributed by atoms with Gasteiger partial charge < -0.3 is 14.5 Å². The average Bonchev–Trinajstić information content (AvgIpc) is 2.94. The molecule has 0 radical (unpaired) electrons. The van der Waals surface area contributed by atoms with Crippen molar-refractivity contribution in [1.29, 1.82) is 0 Å². The molecule has 0 amide bonds. The van der Waals surface area contributed by atoms with E-state index in [-0.39, 0.29) is 5.78 Å². The summed E-state index contributed by atoms with van der Waals surface area (Å²) in [6.45, 7) is 5.80. The third-order valence-corrected chi connectivity index (χ3v) is 4.55. The van der Waals surface area contributed by atoms with Crippen molar-refractivity contribution in [2.24, 2.45) is 4.99 Å². The molecule has 0 N–H and O–H groups in total. The Kier molecular flexibility index (Phi) is 6.74. The first kappa shape index (κ1) is 20.6. The van der Waals surface area contributed by atoms with Crippen LogP contribution in [0, 0.1) is 20.8 Å². The zero-order valence-corrected chi connectivity index (χ0v) is 17.7. The van der Waals surface area contributed by atoms with Gasteiger partial charge in [0.15, 0.2) is 0 Å². The Balaban J connectivity index is 2.32. The maximum absolute atomic E-state index is 12.5. The number of ether oxygens (including phenoxy) is 1. The molecule has 0 fully saturated rings. The Hall–Kier alpha value is -2.67.